The van der Waals surface area contributed by atoms with Gasteiger partial charge in [0.2, 0.25) is 0 Å². The molecule has 0 aliphatic rings. The minimum Gasteiger partial charge on any atom is -0.275 e. The Morgan fingerprint density at radius 2 is 2.00 bits per heavy atom. The van der Waals surface area contributed by atoms with Crippen molar-refractivity contribution in [3.8, 4) is 0 Å². The van der Waals surface area contributed by atoms with Gasteiger partial charge in [0.15, 0.2) is 0 Å². The van der Waals surface area contributed by atoms with Crippen molar-refractivity contribution >= 4 is 28.4 Å². The summed E-state index contributed by atoms with van der Waals surface area (Å²) in [6.07, 6.45) is 5.91. The molecule has 1 nitrogen and oxygen atoms in total. The molecule has 0 atom stereocenters. The molecule has 64 valence electrons. The lowest BCUT2D eigenvalue weighted by atomic mass is 10.2. The summed E-state index contributed by atoms with van der Waals surface area (Å²) in [7, 11) is 0. The lowest BCUT2D eigenvalue weighted by Gasteiger charge is -1.92. The monoisotopic (exact) mass is 194 g/mol. The van der Waals surface area contributed by atoms with E-state index in [9.17, 15) is 4.79 Å². The van der Waals surface area contributed by atoms with Crippen molar-refractivity contribution in [1.82, 2.24) is 0 Å². The number of halogens is 2. The standard InChI is InChI=1S/C8H12Cl2O/c1-2-3-4-5-6-7(9)8(10)11/h6H,2-5H2,1H3. The van der Waals surface area contributed by atoms with E-state index in [0.29, 0.717) is 0 Å². The number of carbonyl (C=O) groups is 1. The van der Waals surface area contributed by atoms with Gasteiger partial charge in [-0.25, -0.2) is 0 Å². The molecule has 0 spiro atoms. The van der Waals surface area contributed by atoms with Gasteiger partial charge in [-0.2, -0.15) is 0 Å². The van der Waals surface area contributed by atoms with E-state index >= 15 is 0 Å². The second kappa shape index (κ2) is 6.68. The smallest absolute Gasteiger partial charge is 0.263 e. The van der Waals surface area contributed by atoms with Gasteiger partial charge >= 0.3 is 0 Å². The molecular formula is C8H12Cl2O. The minimum atomic E-state index is -0.567. The van der Waals surface area contributed by atoms with Gasteiger partial charge in [-0.3, -0.25) is 4.79 Å². The van der Waals surface area contributed by atoms with Gasteiger partial charge in [0.05, 0.1) is 5.03 Å². The van der Waals surface area contributed by atoms with Crippen LogP contribution in [0.1, 0.15) is 32.6 Å². The van der Waals surface area contributed by atoms with Gasteiger partial charge in [0.25, 0.3) is 5.24 Å². The number of carbonyl (C=O) groups excluding carboxylic acids is 1. The van der Waals surface area contributed by atoms with Crippen LogP contribution < -0.4 is 0 Å². The van der Waals surface area contributed by atoms with Crippen LogP contribution in [-0.2, 0) is 4.79 Å². The Kier molecular flexibility index (Phi) is 6.68. The molecule has 0 rings (SSSR count). The van der Waals surface area contributed by atoms with Gasteiger partial charge in [-0.1, -0.05) is 37.4 Å². The molecule has 0 unspecified atom stereocenters. The topological polar surface area (TPSA) is 17.1 Å². The molecule has 0 amide bonds. The summed E-state index contributed by atoms with van der Waals surface area (Å²) < 4.78 is 0. The molecule has 0 bridgehead atoms. The van der Waals surface area contributed by atoms with Crippen LogP contribution in [0.4, 0.5) is 0 Å². The zero-order valence-electron chi connectivity index (χ0n) is 6.57. The molecule has 0 saturated carbocycles. The van der Waals surface area contributed by atoms with Crippen molar-refractivity contribution < 1.29 is 4.79 Å². The first kappa shape index (κ1) is 11.0. The molecule has 0 aromatic rings. The van der Waals surface area contributed by atoms with E-state index in [4.69, 9.17) is 23.2 Å². The second-order valence-corrected chi connectivity index (χ2v) is 3.07. The van der Waals surface area contributed by atoms with E-state index in [1.165, 1.54) is 6.42 Å². The average Bonchev–Trinajstić information content (AvgIpc) is 1.97. The Morgan fingerprint density at radius 1 is 1.36 bits per heavy atom. The number of rotatable bonds is 5. The van der Waals surface area contributed by atoms with Crippen molar-refractivity contribution in [2.45, 2.75) is 32.6 Å². The third-order valence-electron chi connectivity index (χ3n) is 1.32. The van der Waals surface area contributed by atoms with Crippen molar-refractivity contribution in [1.29, 1.82) is 0 Å². The van der Waals surface area contributed by atoms with Crippen molar-refractivity contribution in [2.24, 2.45) is 0 Å². The van der Waals surface area contributed by atoms with Crippen LogP contribution in [0.2, 0.25) is 0 Å². The Morgan fingerprint density at radius 3 is 2.45 bits per heavy atom. The Balaban J connectivity index is 3.48. The van der Waals surface area contributed by atoms with E-state index in [1.807, 2.05) is 0 Å². The number of unbranched alkanes of at least 4 members (excludes halogenated alkanes) is 3. The second-order valence-electron chi connectivity index (χ2n) is 2.32. The molecule has 0 aliphatic heterocycles. The van der Waals surface area contributed by atoms with Gasteiger partial charge in [-0.15, -0.1) is 0 Å². The fraction of sp³-hybridized carbons (Fsp3) is 0.625. The summed E-state index contributed by atoms with van der Waals surface area (Å²) in [5.41, 5.74) is 0. The zero-order chi connectivity index (χ0) is 8.69. The summed E-state index contributed by atoms with van der Waals surface area (Å²) in [6.45, 7) is 2.12. The molecular weight excluding hydrogens is 183 g/mol. The maximum absolute atomic E-state index is 10.4. The summed E-state index contributed by atoms with van der Waals surface area (Å²) in [4.78, 5) is 10.4. The van der Waals surface area contributed by atoms with E-state index in [-0.39, 0.29) is 5.03 Å². The number of hydrogen-bond acceptors (Lipinski definition) is 1. The fourth-order valence-electron chi connectivity index (χ4n) is 0.703. The highest BCUT2D eigenvalue weighted by Gasteiger charge is 1.99. The zero-order valence-corrected chi connectivity index (χ0v) is 8.08. The predicted octanol–water partition coefficient (Wildman–Crippen LogP) is 3.45. The van der Waals surface area contributed by atoms with Crippen molar-refractivity contribution in [3.05, 3.63) is 11.1 Å². The largest absolute Gasteiger partial charge is 0.275 e. The van der Waals surface area contributed by atoms with Crippen LogP contribution in [0.5, 0.6) is 0 Å². The minimum absolute atomic E-state index is 0.141. The van der Waals surface area contributed by atoms with Gasteiger partial charge in [0.1, 0.15) is 0 Å². The van der Waals surface area contributed by atoms with Crippen LogP contribution in [0, 0.1) is 0 Å². The third-order valence-corrected chi connectivity index (χ3v) is 1.95. The van der Waals surface area contributed by atoms with Crippen LogP contribution >= 0.6 is 23.2 Å². The summed E-state index contributed by atoms with van der Waals surface area (Å²) in [6, 6.07) is 0. The molecule has 0 aliphatic carbocycles. The van der Waals surface area contributed by atoms with E-state index in [2.05, 4.69) is 6.92 Å². The van der Waals surface area contributed by atoms with E-state index < -0.39 is 5.24 Å². The van der Waals surface area contributed by atoms with Crippen LogP contribution in [0.25, 0.3) is 0 Å². The normalized spacial score (nSPS) is 11.7. The number of allylic oxidation sites excluding steroid dienone is 2. The van der Waals surface area contributed by atoms with Gasteiger partial charge in [0, 0.05) is 0 Å². The third kappa shape index (κ3) is 6.39. The molecule has 0 heterocycles. The van der Waals surface area contributed by atoms with Crippen LogP contribution in [0.15, 0.2) is 11.1 Å². The molecule has 0 aromatic heterocycles. The molecule has 0 radical (unpaired) electrons. The lowest BCUT2D eigenvalue weighted by Crippen LogP contribution is -1.84. The maximum Gasteiger partial charge on any atom is 0.263 e. The van der Waals surface area contributed by atoms with Gasteiger partial charge < -0.3 is 0 Å². The molecule has 0 N–H and O–H groups in total. The highest BCUT2D eigenvalue weighted by molar-refractivity contribution is 6.74. The lowest BCUT2D eigenvalue weighted by molar-refractivity contribution is -0.108. The first-order valence-electron chi connectivity index (χ1n) is 3.74. The average molecular weight is 195 g/mol. The summed E-state index contributed by atoms with van der Waals surface area (Å²) >= 11 is 10.6. The first-order chi connectivity index (χ1) is 5.18. The van der Waals surface area contributed by atoms with Gasteiger partial charge in [-0.05, 0) is 24.4 Å². The molecule has 0 saturated heterocycles. The summed E-state index contributed by atoms with van der Waals surface area (Å²) in [5.74, 6) is 0. The van der Waals surface area contributed by atoms with Crippen LogP contribution in [-0.4, -0.2) is 5.24 Å². The highest BCUT2D eigenvalue weighted by Crippen LogP contribution is 2.09. The number of hydrogen-bond donors (Lipinski definition) is 0. The van der Waals surface area contributed by atoms with Crippen molar-refractivity contribution in [2.75, 3.05) is 0 Å². The fourth-order valence-corrected chi connectivity index (χ4v) is 0.890. The molecule has 0 fully saturated rings. The summed E-state index contributed by atoms with van der Waals surface area (Å²) in [5, 5.41) is -0.425. The SMILES string of the molecule is CCCCCC=C(Cl)C(=O)Cl. The first-order valence-corrected chi connectivity index (χ1v) is 4.49. The Bertz CT molecular complexity index is 152. The van der Waals surface area contributed by atoms with Crippen molar-refractivity contribution in [3.63, 3.8) is 0 Å². The van der Waals surface area contributed by atoms with E-state index in [0.717, 1.165) is 19.3 Å². The maximum atomic E-state index is 10.4. The van der Waals surface area contributed by atoms with Crippen LogP contribution in [0.3, 0.4) is 0 Å². The Hall–Kier alpha value is -0.0100. The highest BCUT2D eigenvalue weighted by atomic mass is 35.5. The Labute approximate surface area is 77.4 Å². The molecule has 0 aromatic carbocycles. The molecule has 3 heteroatoms. The molecule has 11 heavy (non-hydrogen) atoms. The van der Waals surface area contributed by atoms with E-state index in [1.54, 1.807) is 6.08 Å². The quantitative estimate of drug-likeness (QED) is 0.373. The predicted molar refractivity (Wildman–Crippen MR) is 48.9 cm³/mol.